The lowest BCUT2D eigenvalue weighted by molar-refractivity contribution is -0.134. The molecule has 0 saturated carbocycles. The van der Waals surface area contributed by atoms with Crippen LogP contribution >= 0.6 is 23.1 Å². The number of nitrogens with zero attached hydrogens (tertiary/aromatic N) is 2. The average molecular weight is 446 g/mol. The van der Waals surface area contributed by atoms with Gasteiger partial charge in [0.15, 0.2) is 5.16 Å². The van der Waals surface area contributed by atoms with Crippen LogP contribution in [-0.4, -0.2) is 38.6 Å². The normalized spacial score (nSPS) is 18.0. The summed E-state index contributed by atoms with van der Waals surface area (Å²) < 4.78 is 13.2. The molecule has 8 heteroatoms. The van der Waals surface area contributed by atoms with Crippen molar-refractivity contribution in [1.82, 2.24) is 14.9 Å². The number of carbonyl (C=O) groups is 1. The third-order valence-corrected chi connectivity index (χ3v) is 7.44. The van der Waals surface area contributed by atoms with Crippen LogP contribution in [0.4, 0.5) is 4.39 Å². The highest BCUT2D eigenvalue weighted by Crippen LogP contribution is 2.32. The van der Waals surface area contributed by atoms with E-state index in [1.807, 2.05) is 17.2 Å². The Morgan fingerprint density at radius 1 is 1.37 bits per heavy atom. The summed E-state index contributed by atoms with van der Waals surface area (Å²) in [6.07, 6.45) is 4.24. The number of hydrogen-bond donors (Lipinski definition) is 1. The second kappa shape index (κ2) is 8.89. The van der Waals surface area contributed by atoms with Crippen LogP contribution in [0.2, 0.25) is 0 Å². The standard InChI is InChI=1S/C22H24FN3O2S2/c1-3-16-6-4-5-11-26(16)21(28)13(2)30-22-24-19(27)18-17(12-29-20(18)25-22)14-7-9-15(23)10-8-14/h7-10,12-13,16H,3-6,11H2,1-2H3,(H,24,25,27). The Balaban J connectivity index is 1.57. The zero-order chi connectivity index (χ0) is 21.3. The van der Waals surface area contributed by atoms with Crippen molar-refractivity contribution in [2.75, 3.05) is 6.54 Å². The van der Waals surface area contributed by atoms with Crippen LogP contribution in [0.1, 0.15) is 39.5 Å². The summed E-state index contributed by atoms with van der Waals surface area (Å²) in [5.74, 6) is -0.214. The van der Waals surface area contributed by atoms with E-state index >= 15 is 0 Å². The monoisotopic (exact) mass is 445 g/mol. The van der Waals surface area contributed by atoms with E-state index in [2.05, 4.69) is 16.9 Å². The van der Waals surface area contributed by atoms with E-state index < -0.39 is 0 Å². The fourth-order valence-corrected chi connectivity index (χ4v) is 5.87. The summed E-state index contributed by atoms with van der Waals surface area (Å²) in [5.41, 5.74) is 1.27. The van der Waals surface area contributed by atoms with Gasteiger partial charge in [0.05, 0.1) is 10.6 Å². The second-order valence-electron chi connectivity index (χ2n) is 7.56. The molecule has 2 aromatic heterocycles. The Morgan fingerprint density at radius 2 is 2.13 bits per heavy atom. The molecular formula is C22H24FN3O2S2. The first kappa shape index (κ1) is 21.1. The molecular weight excluding hydrogens is 421 g/mol. The molecule has 5 nitrogen and oxygen atoms in total. The van der Waals surface area contributed by atoms with Gasteiger partial charge >= 0.3 is 0 Å². The average Bonchev–Trinajstić information content (AvgIpc) is 3.18. The topological polar surface area (TPSA) is 66.1 Å². The number of H-pyrrole nitrogens is 1. The predicted octanol–water partition coefficient (Wildman–Crippen LogP) is 5.06. The van der Waals surface area contributed by atoms with Crippen molar-refractivity contribution >= 4 is 39.2 Å². The minimum Gasteiger partial charge on any atom is -0.339 e. The number of halogens is 1. The van der Waals surface area contributed by atoms with Crippen LogP contribution in [-0.2, 0) is 4.79 Å². The van der Waals surface area contributed by atoms with Crippen molar-refractivity contribution in [1.29, 1.82) is 0 Å². The molecule has 1 aliphatic heterocycles. The van der Waals surface area contributed by atoms with E-state index in [-0.39, 0.29) is 22.5 Å². The van der Waals surface area contributed by atoms with E-state index in [1.165, 1.54) is 41.7 Å². The van der Waals surface area contributed by atoms with Gasteiger partial charge in [-0.25, -0.2) is 9.37 Å². The number of likely N-dealkylation sites (tertiary alicyclic amines) is 1. The number of carbonyl (C=O) groups excluding carboxylic acids is 1. The lowest BCUT2D eigenvalue weighted by atomic mass is 10.00. The van der Waals surface area contributed by atoms with Crippen LogP contribution in [0.3, 0.4) is 0 Å². The molecule has 1 aliphatic rings. The van der Waals surface area contributed by atoms with E-state index in [1.54, 1.807) is 12.1 Å². The van der Waals surface area contributed by atoms with E-state index in [0.29, 0.717) is 21.4 Å². The molecule has 1 saturated heterocycles. The number of nitrogens with one attached hydrogen (secondary N) is 1. The minimum absolute atomic E-state index is 0.104. The highest BCUT2D eigenvalue weighted by Gasteiger charge is 2.29. The summed E-state index contributed by atoms with van der Waals surface area (Å²) in [7, 11) is 0. The maximum atomic E-state index is 13.2. The van der Waals surface area contributed by atoms with E-state index in [0.717, 1.165) is 36.9 Å². The largest absolute Gasteiger partial charge is 0.339 e. The Bertz CT molecular complexity index is 1110. The minimum atomic E-state index is -0.325. The number of aromatic nitrogens is 2. The van der Waals surface area contributed by atoms with Gasteiger partial charge in [-0.05, 0) is 50.3 Å². The quantitative estimate of drug-likeness (QED) is 0.440. The number of aromatic amines is 1. The SMILES string of the molecule is CCC1CCCCN1C(=O)C(C)Sc1nc2scc(-c3ccc(F)cc3)c2c(=O)[nH]1. The molecule has 158 valence electrons. The van der Waals surface area contributed by atoms with Crippen LogP contribution < -0.4 is 5.56 Å². The molecule has 2 unspecified atom stereocenters. The van der Waals surface area contributed by atoms with Crippen molar-refractivity contribution in [2.45, 2.75) is 56.0 Å². The van der Waals surface area contributed by atoms with Gasteiger partial charge in [0, 0.05) is 23.5 Å². The van der Waals surface area contributed by atoms with Gasteiger partial charge in [0.25, 0.3) is 5.56 Å². The zero-order valence-corrected chi connectivity index (χ0v) is 18.6. The Hall–Kier alpha value is -2.19. The van der Waals surface area contributed by atoms with Crippen molar-refractivity contribution in [3.05, 3.63) is 45.8 Å². The molecule has 3 aromatic rings. The summed E-state index contributed by atoms with van der Waals surface area (Å²) in [4.78, 5) is 35.8. The fourth-order valence-electron chi connectivity index (χ4n) is 3.99. The number of thioether (sulfide) groups is 1. The summed E-state index contributed by atoms with van der Waals surface area (Å²) in [5, 5.41) is 2.49. The Labute approximate surface area is 182 Å². The maximum absolute atomic E-state index is 13.2. The number of hydrogen-bond acceptors (Lipinski definition) is 5. The Morgan fingerprint density at radius 3 is 2.87 bits per heavy atom. The molecule has 0 aliphatic carbocycles. The molecule has 2 atom stereocenters. The van der Waals surface area contributed by atoms with Gasteiger partial charge in [-0.1, -0.05) is 30.8 Å². The highest BCUT2D eigenvalue weighted by molar-refractivity contribution is 8.00. The smallest absolute Gasteiger partial charge is 0.260 e. The van der Waals surface area contributed by atoms with E-state index in [4.69, 9.17) is 0 Å². The van der Waals surface area contributed by atoms with Crippen molar-refractivity contribution in [3.8, 4) is 11.1 Å². The lowest BCUT2D eigenvalue weighted by Gasteiger charge is -2.36. The zero-order valence-electron chi connectivity index (χ0n) is 17.0. The molecule has 30 heavy (non-hydrogen) atoms. The molecule has 0 spiro atoms. The molecule has 0 bridgehead atoms. The number of fused-ring (bicyclic) bond motifs is 1. The first-order chi connectivity index (χ1) is 14.5. The van der Waals surface area contributed by atoms with Crippen LogP contribution in [0, 0.1) is 5.82 Å². The molecule has 1 N–H and O–H groups in total. The molecule has 4 rings (SSSR count). The summed E-state index contributed by atoms with van der Waals surface area (Å²) in [6.45, 7) is 4.80. The number of piperidine rings is 1. The van der Waals surface area contributed by atoms with Crippen molar-refractivity contribution in [2.24, 2.45) is 0 Å². The first-order valence-corrected chi connectivity index (χ1v) is 12.0. The van der Waals surface area contributed by atoms with Gasteiger partial charge in [-0.15, -0.1) is 11.3 Å². The molecule has 0 radical (unpaired) electrons. The number of benzene rings is 1. The Kier molecular flexibility index (Phi) is 6.24. The van der Waals surface area contributed by atoms with Gasteiger partial charge in [0.2, 0.25) is 5.91 Å². The number of amides is 1. The third-order valence-electron chi connectivity index (χ3n) is 5.60. The van der Waals surface area contributed by atoms with Crippen LogP contribution in [0.25, 0.3) is 21.3 Å². The summed E-state index contributed by atoms with van der Waals surface area (Å²) >= 11 is 2.67. The molecule has 1 fully saturated rings. The second-order valence-corrected chi connectivity index (χ2v) is 9.74. The van der Waals surface area contributed by atoms with Crippen molar-refractivity contribution in [3.63, 3.8) is 0 Å². The first-order valence-electron chi connectivity index (χ1n) is 10.2. The van der Waals surface area contributed by atoms with E-state index in [9.17, 15) is 14.0 Å². The maximum Gasteiger partial charge on any atom is 0.260 e. The van der Waals surface area contributed by atoms with Crippen LogP contribution in [0.5, 0.6) is 0 Å². The van der Waals surface area contributed by atoms with Gasteiger partial charge < -0.3 is 9.88 Å². The van der Waals surface area contributed by atoms with Crippen molar-refractivity contribution < 1.29 is 9.18 Å². The molecule has 1 aromatic carbocycles. The van der Waals surface area contributed by atoms with Gasteiger partial charge in [-0.3, -0.25) is 9.59 Å². The number of thiophene rings is 1. The van der Waals surface area contributed by atoms with Crippen LogP contribution in [0.15, 0.2) is 39.6 Å². The third kappa shape index (κ3) is 4.16. The molecule has 3 heterocycles. The highest BCUT2D eigenvalue weighted by atomic mass is 32.2. The number of rotatable bonds is 5. The van der Waals surface area contributed by atoms with Gasteiger partial charge in [0.1, 0.15) is 10.6 Å². The molecule has 1 amide bonds. The van der Waals surface area contributed by atoms with Gasteiger partial charge in [-0.2, -0.15) is 0 Å². The summed E-state index contributed by atoms with van der Waals surface area (Å²) in [6, 6.07) is 6.37. The predicted molar refractivity (Wildman–Crippen MR) is 121 cm³/mol. The lowest BCUT2D eigenvalue weighted by Crippen LogP contribution is -2.46. The fraction of sp³-hybridized carbons (Fsp3) is 0.409.